The molecule has 0 aliphatic carbocycles. The van der Waals surface area contributed by atoms with Crippen LogP contribution < -0.4 is 0 Å². The average Bonchev–Trinajstić information content (AvgIpc) is 3.87. The molecule has 0 saturated heterocycles. The average molecular weight is 684 g/mol. The Labute approximate surface area is 299 Å². The second-order valence-corrected chi connectivity index (χ2v) is 15.4. The fourth-order valence-electron chi connectivity index (χ4n) is 8.38. The molecule has 8 aromatic carbocycles. The van der Waals surface area contributed by atoms with Crippen molar-refractivity contribution in [2.45, 2.75) is 0 Å². The van der Waals surface area contributed by atoms with Crippen LogP contribution in [0.1, 0.15) is 0 Å². The highest BCUT2D eigenvalue weighted by atomic mass is 32.1. The first-order valence-corrected chi connectivity index (χ1v) is 18.8. The molecule has 0 fully saturated rings. The number of para-hydroxylation sites is 1. The van der Waals surface area contributed by atoms with Crippen molar-refractivity contribution in [2.75, 3.05) is 0 Å². The molecule has 236 valence electrons. The molecule has 0 amide bonds. The summed E-state index contributed by atoms with van der Waals surface area (Å²) in [5, 5.41) is 13.5. The zero-order valence-electron chi connectivity index (χ0n) is 27.1. The van der Waals surface area contributed by atoms with Gasteiger partial charge in [0.15, 0.2) is 0 Å². The normalized spacial score (nSPS) is 12.3. The number of rotatable bonds is 2. The van der Waals surface area contributed by atoms with Gasteiger partial charge in [-0.05, 0) is 46.5 Å². The Morgan fingerprint density at radius 3 is 1.90 bits per heavy atom. The molecule has 4 heterocycles. The smallest absolute Gasteiger partial charge is 0.235 e. The summed E-state index contributed by atoms with van der Waals surface area (Å²) < 4.78 is 7.45. The molecule has 0 unspecified atom stereocenters. The summed E-state index contributed by atoms with van der Waals surface area (Å²) >= 11 is 3.71. The Kier molecular flexibility index (Phi) is 5.53. The van der Waals surface area contributed by atoms with E-state index in [0.29, 0.717) is 5.95 Å². The molecule has 4 aromatic heterocycles. The number of nitrogens with zero attached hydrogens (tertiary/aromatic N) is 3. The van der Waals surface area contributed by atoms with E-state index < -0.39 is 0 Å². The lowest BCUT2D eigenvalue weighted by atomic mass is 9.99. The lowest BCUT2D eigenvalue weighted by Crippen LogP contribution is -2.04. The molecule has 0 spiro atoms. The number of hydrogen-bond acceptors (Lipinski definition) is 4. The second-order valence-electron chi connectivity index (χ2n) is 13.3. The molecular weight excluding hydrogens is 659 g/mol. The Morgan fingerprint density at radius 1 is 0.431 bits per heavy atom. The fraction of sp³-hybridized carbons (Fsp3) is 0. The van der Waals surface area contributed by atoms with E-state index >= 15 is 0 Å². The summed E-state index contributed by atoms with van der Waals surface area (Å²) in [6.45, 7) is 0. The van der Waals surface area contributed by atoms with Crippen molar-refractivity contribution in [3.8, 4) is 17.2 Å². The van der Waals surface area contributed by atoms with Crippen LogP contribution in [0.25, 0.3) is 112 Å². The zero-order valence-corrected chi connectivity index (χ0v) is 28.7. The highest BCUT2D eigenvalue weighted by Gasteiger charge is 2.24. The number of thiophene rings is 2. The molecule has 0 aliphatic heterocycles. The Balaban J connectivity index is 1.27. The summed E-state index contributed by atoms with van der Waals surface area (Å²) in [7, 11) is 0. The summed E-state index contributed by atoms with van der Waals surface area (Å²) in [5.74, 6) is 0.686. The van der Waals surface area contributed by atoms with Crippen molar-refractivity contribution in [3.63, 3.8) is 0 Å². The minimum absolute atomic E-state index is 0.686. The van der Waals surface area contributed by atoms with E-state index in [-0.39, 0.29) is 0 Å². The molecule has 0 atom stereocenters. The first-order chi connectivity index (χ1) is 25.3. The van der Waals surface area contributed by atoms with Gasteiger partial charge in [0.2, 0.25) is 5.95 Å². The van der Waals surface area contributed by atoms with Crippen LogP contribution in [0.3, 0.4) is 0 Å². The van der Waals surface area contributed by atoms with Gasteiger partial charge in [-0.1, -0.05) is 121 Å². The van der Waals surface area contributed by atoms with Crippen molar-refractivity contribution in [3.05, 3.63) is 152 Å². The number of benzene rings is 8. The molecule has 51 heavy (non-hydrogen) atoms. The number of hydrogen-bond donors (Lipinski definition) is 0. The first kappa shape index (κ1) is 27.7. The quantitative estimate of drug-likeness (QED) is 0.170. The largest absolute Gasteiger partial charge is 0.276 e. The minimum Gasteiger partial charge on any atom is -0.276 e. The van der Waals surface area contributed by atoms with Crippen LogP contribution in [0.2, 0.25) is 0 Å². The van der Waals surface area contributed by atoms with Gasteiger partial charge < -0.3 is 0 Å². The summed E-state index contributed by atoms with van der Waals surface area (Å²) in [6, 6.07) is 55.0. The molecule has 0 saturated carbocycles. The minimum atomic E-state index is 0.686. The van der Waals surface area contributed by atoms with E-state index in [9.17, 15) is 0 Å². The molecule has 5 heteroatoms. The molecular formula is C46H25N3S2. The maximum Gasteiger partial charge on any atom is 0.235 e. The Hall–Kier alpha value is -6.14. The van der Waals surface area contributed by atoms with Crippen molar-refractivity contribution >= 4 is 117 Å². The van der Waals surface area contributed by atoms with E-state index in [2.05, 4.69) is 156 Å². The summed E-state index contributed by atoms with van der Waals surface area (Å²) in [4.78, 5) is 11.1. The third-order valence-corrected chi connectivity index (χ3v) is 12.9. The van der Waals surface area contributed by atoms with Crippen LogP contribution in [0.4, 0.5) is 0 Å². The van der Waals surface area contributed by atoms with Gasteiger partial charge in [0.05, 0.1) is 26.9 Å². The maximum absolute atomic E-state index is 5.58. The third kappa shape index (κ3) is 3.77. The Bertz CT molecular complexity index is 3440. The van der Waals surface area contributed by atoms with Gasteiger partial charge in [-0.2, -0.15) is 0 Å². The third-order valence-electron chi connectivity index (χ3n) is 10.6. The predicted octanol–water partition coefficient (Wildman–Crippen LogP) is 13.4. The highest BCUT2D eigenvalue weighted by molar-refractivity contribution is 7.27. The molecule has 0 N–H and O–H groups in total. The van der Waals surface area contributed by atoms with Gasteiger partial charge in [0.25, 0.3) is 0 Å². The van der Waals surface area contributed by atoms with Gasteiger partial charge in [0.1, 0.15) is 0 Å². The van der Waals surface area contributed by atoms with Crippen molar-refractivity contribution in [2.24, 2.45) is 0 Å². The van der Waals surface area contributed by atoms with Crippen LogP contribution in [0.15, 0.2) is 152 Å². The Morgan fingerprint density at radius 2 is 1.06 bits per heavy atom. The van der Waals surface area contributed by atoms with Crippen LogP contribution in [-0.4, -0.2) is 14.5 Å². The van der Waals surface area contributed by atoms with Gasteiger partial charge in [-0.3, -0.25) is 4.57 Å². The molecule has 0 bridgehead atoms. The standard InChI is InChI=1S/C46H25N3S2/c1-2-12-28-26(11-1)21-24-35-42(27-22-23-30-29-13-6-9-19-37(29)50-39(30)25-27)47-46(48-43(28)35)49-36-18-8-5-16-33(36)40-31-14-3-4-15-32(31)41-34-17-7-10-20-38(34)51-45(41)44(40)49/h1-25H. The number of fused-ring (bicyclic) bond motifs is 16. The first-order valence-electron chi connectivity index (χ1n) is 17.2. The molecule has 0 radical (unpaired) electrons. The fourth-order valence-corrected chi connectivity index (χ4v) is 10.8. The van der Waals surface area contributed by atoms with E-state index in [0.717, 1.165) is 38.6 Å². The predicted molar refractivity (Wildman–Crippen MR) is 220 cm³/mol. The lowest BCUT2D eigenvalue weighted by Gasteiger charge is -2.14. The van der Waals surface area contributed by atoms with E-state index in [1.807, 2.05) is 22.7 Å². The van der Waals surface area contributed by atoms with Gasteiger partial charge >= 0.3 is 0 Å². The summed E-state index contributed by atoms with van der Waals surface area (Å²) in [5.41, 5.74) is 5.27. The van der Waals surface area contributed by atoms with Gasteiger partial charge in [-0.25, -0.2) is 9.97 Å². The van der Waals surface area contributed by atoms with Gasteiger partial charge in [-0.15, -0.1) is 22.7 Å². The SMILES string of the molecule is c1ccc2c(c1)ccc1c(-c3ccc4c(c3)sc3ccccc34)nc(-n3c4ccccc4c4c5ccccc5c5c6ccccc6sc5c43)nc12. The van der Waals surface area contributed by atoms with E-state index in [1.165, 1.54) is 67.3 Å². The van der Waals surface area contributed by atoms with Crippen molar-refractivity contribution < 1.29 is 0 Å². The van der Waals surface area contributed by atoms with Crippen molar-refractivity contribution in [1.82, 2.24) is 14.5 Å². The van der Waals surface area contributed by atoms with Crippen LogP contribution >= 0.6 is 22.7 Å². The zero-order chi connectivity index (χ0) is 33.2. The second kappa shape index (κ2) is 10.2. The molecule has 12 rings (SSSR count). The highest BCUT2D eigenvalue weighted by Crippen LogP contribution is 2.48. The van der Waals surface area contributed by atoms with E-state index in [4.69, 9.17) is 9.97 Å². The lowest BCUT2D eigenvalue weighted by molar-refractivity contribution is 1.02. The van der Waals surface area contributed by atoms with Gasteiger partial charge in [0, 0.05) is 62.8 Å². The summed E-state index contributed by atoms with van der Waals surface area (Å²) in [6.07, 6.45) is 0. The van der Waals surface area contributed by atoms with E-state index in [1.54, 1.807) is 0 Å². The van der Waals surface area contributed by atoms with Crippen LogP contribution in [0.5, 0.6) is 0 Å². The molecule has 3 nitrogen and oxygen atoms in total. The van der Waals surface area contributed by atoms with Crippen molar-refractivity contribution in [1.29, 1.82) is 0 Å². The van der Waals surface area contributed by atoms with Crippen LogP contribution in [-0.2, 0) is 0 Å². The number of aromatic nitrogens is 3. The topological polar surface area (TPSA) is 30.7 Å². The maximum atomic E-state index is 5.58. The molecule has 12 aromatic rings. The van der Waals surface area contributed by atoms with Crippen LogP contribution in [0, 0.1) is 0 Å². The monoisotopic (exact) mass is 683 g/mol. The molecule has 0 aliphatic rings.